The molecule has 1 aromatic heterocycles. The van der Waals surface area contributed by atoms with Gasteiger partial charge in [0.1, 0.15) is 6.54 Å². The van der Waals surface area contributed by atoms with Gasteiger partial charge in [-0.3, -0.25) is 4.68 Å². The number of allylic oxidation sites excluding steroid dienone is 1. The largest absolute Gasteiger partial charge is 0.408 e. The Hall–Kier alpha value is -1.48. The molecule has 2 nitrogen and oxygen atoms in total. The molecule has 1 heterocycles. The summed E-state index contributed by atoms with van der Waals surface area (Å²) < 4.78 is 36.7. The molecule has 14 heavy (non-hydrogen) atoms. The van der Waals surface area contributed by atoms with E-state index in [4.69, 9.17) is 0 Å². The second kappa shape index (κ2) is 3.72. The molecule has 76 valence electrons. The number of rotatable bonds is 2. The minimum Gasteiger partial charge on any atom is -0.263 e. The summed E-state index contributed by atoms with van der Waals surface area (Å²) in [6.07, 6.45) is -1.56. The number of nitrogens with zero attached hydrogens (tertiary/aromatic N) is 2. The molecule has 0 aliphatic rings. The molecule has 0 saturated heterocycles. The summed E-state index contributed by atoms with van der Waals surface area (Å²) in [5, 5.41) is 3.58. The minimum atomic E-state index is -4.24. The Morgan fingerprint density at radius 1 is 1.64 bits per heavy atom. The lowest BCUT2D eigenvalue weighted by Crippen LogP contribution is -2.17. The molecule has 5 heteroatoms. The molecule has 0 fully saturated rings. The van der Waals surface area contributed by atoms with Crippen molar-refractivity contribution in [1.29, 1.82) is 0 Å². The zero-order valence-electron chi connectivity index (χ0n) is 7.60. The van der Waals surface area contributed by atoms with E-state index in [-0.39, 0.29) is 0 Å². The van der Waals surface area contributed by atoms with Crippen molar-refractivity contribution in [1.82, 2.24) is 9.78 Å². The third-order valence-corrected chi connectivity index (χ3v) is 1.67. The van der Waals surface area contributed by atoms with Gasteiger partial charge >= 0.3 is 6.18 Å². The zero-order valence-corrected chi connectivity index (χ0v) is 7.60. The summed E-state index contributed by atoms with van der Waals surface area (Å²) in [5.41, 5.74) is 3.87. The van der Waals surface area contributed by atoms with Crippen LogP contribution in [-0.2, 0) is 6.54 Å². The average Bonchev–Trinajstić information content (AvgIpc) is 2.48. The molecule has 0 aromatic carbocycles. The van der Waals surface area contributed by atoms with Gasteiger partial charge in [0, 0.05) is 17.3 Å². The molecular formula is C9H9F3N2. The summed E-state index contributed by atoms with van der Waals surface area (Å²) in [6.45, 7) is 4.04. The minimum absolute atomic E-state index is 0.601. The molecular weight excluding hydrogens is 193 g/mol. The van der Waals surface area contributed by atoms with Crippen molar-refractivity contribution in [3.05, 3.63) is 30.3 Å². The van der Waals surface area contributed by atoms with Gasteiger partial charge < -0.3 is 0 Å². The van der Waals surface area contributed by atoms with Crippen LogP contribution in [0.3, 0.4) is 0 Å². The maximum atomic E-state index is 11.9. The van der Waals surface area contributed by atoms with Crippen LogP contribution in [0.1, 0.15) is 12.5 Å². The Balaban J connectivity index is 2.84. The van der Waals surface area contributed by atoms with Crippen LogP contribution < -0.4 is 0 Å². The van der Waals surface area contributed by atoms with E-state index in [1.807, 2.05) is 0 Å². The summed E-state index contributed by atoms with van der Waals surface area (Å²) in [4.78, 5) is 0. The molecule has 0 amide bonds. The van der Waals surface area contributed by atoms with E-state index in [1.54, 1.807) is 6.92 Å². The molecule has 0 bridgehead atoms. The van der Waals surface area contributed by atoms with Gasteiger partial charge in [-0.2, -0.15) is 18.3 Å². The smallest absolute Gasteiger partial charge is 0.263 e. The highest BCUT2D eigenvalue weighted by Gasteiger charge is 2.28. The number of hydrogen-bond acceptors (Lipinski definition) is 1. The molecule has 0 atom stereocenters. The van der Waals surface area contributed by atoms with Crippen molar-refractivity contribution in [2.45, 2.75) is 19.6 Å². The molecule has 0 saturated carbocycles. The maximum Gasteiger partial charge on any atom is 0.408 e. The van der Waals surface area contributed by atoms with E-state index < -0.39 is 12.7 Å². The summed E-state index contributed by atoms with van der Waals surface area (Å²) in [6, 6.07) is 0. The highest BCUT2D eigenvalue weighted by Crippen LogP contribution is 2.18. The lowest BCUT2D eigenvalue weighted by Gasteiger charge is -2.04. The molecule has 0 unspecified atom stereocenters. The Morgan fingerprint density at radius 2 is 2.29 bits per heavy atom. The highest BCUT2D eigenvalue weighted by molar-refractivity contribution is 5.61. The van der Waals surface area contributed by atoms with E-state index >= 15 is 0 Å². The molecule has 0 aliphatic carbocycles. The number of aromatic nitrogens is 2. The zero-order chi connectivity index (χ0) is 10.8. The van der Waals surface area contributed by atoms with Gasteiger partial charge in [0.05, 0.1) is 6.20 Å². The first kappa shape index (κ1) is 10.6. The van der Waals surface area contributed by atoms with Crippen LogP contribution in [0.25, 0.3) is 5.57 Å². The molecule has 0 spiro atoms. The van der Waals surface area contributed by atoms with Gasteiger partial charge in [-0.05, 0) is 6.92 Å². The number of alkyl halides is 3. The standard InChI is InChI=1S/C9H9F3N2/c1-3-7(2)8-4-13-14(5-8)6-9(10,11)12/h4-5H,1,6H2,2H3. The first-order valence-corrected chi connectivity index (χ1v) is 3.88. The Kier molecular flexibility index (Phi) is 2.81. The van der Waals surface area contributed by atoms with Crippen LogP contribution in [0.5, 0.6) is 0 Å². The third-order valence-electron chi connectivity index (χ3n) is 1.67. The number of halogens is 3. The lowest BCUT2D eigenvalue weighted by molar-refractivity contribution is -0.142. The highest BCUT2D eigenvalue weighted by atomic mass is 19.4. The first-order valence-electron chi connectivity index (χ1n) is 3.88. The van der Waals surface area contributed by atoms with Crippen LogP contribution in [-0.4, -0.2) is 16.0 Å². The topological polar surface area (TPSA) is 17.8 Å². The van der Waals surface area contributed by atoms with E-state index in [1.165, 1.54) is 12.4 Å². The average molecular weight is 202 g/mol. The van der Waals surface area contributed by atoms with Crippen LogP contribution in [0.15, 0.2) is 24.7 Å². The Labute approximate surface area is 79.3 Å². The van der Waals surface area contributed by atoms with Gasteiger partial charge in [0.15, 0.2) is 0 Å². The fourth-order valence-corrected chi connectivity index (χ4v) is 0.929. The Morgan fingerprint density at radius 3 is 2.79 bits per heavy atom. The van der Waals surface area contributed by atoms with Crippen molar-refractivity contribution in [3.8, 4) is 0 Å². The summed E-state index contributed by atoms with van der Waals surface area (Å²) in [5.74, 6) is 0. The summed E-state index contributed by atoms with van der Waals surface area (Å²) in [7, 11) is 0. The maximum absolute atomic E-state index is 11.9. The van der Waals surface area contributed by atoms with E-state index in [0.29, 0.717) is 11.1 Å². The van der Waals surface area contributed by atoms with Gasteiger partial charge in [-0.1, -0.05) is 6.58 Å². The van der Waals surface area contributed by atoms with E-state index in [2.05, 4.69) is 17.4 Å². The van der Waals surface area contributed by atoms with Crippen molar-refractivity contribution >= 4 is 5.57 Å². The SMILES string of the molecule is C=C=C(C)c1cnn(CC(F)(F)F)c1. The van der Waals surface area contributed by atoms with E-state index in [0.717, 1.165) is 4.68 Å². The van der Waals surface area contributed by atoms with Crippen LogP contribution in [0.2, 0.25) is 0 Å². The Bertz CT molecular complexity index is 370. The second-order valence-corrected chi connectivity index (χ2v) is 2.84. The second-order valence-electron chi connectivity index (χ2n) is 2.84. The van der Waals surface area contributed by atoms with Crippen molar-refractivity contribution in [3.63, 3.8) is 0 Å². The fraction of sp³-hybridized carbons (Fsp3) is 0.333. The van der Waals surface area contributed by atoms with E-state index in [9.17, 15) is 13.2 Å². The molecule has 1 aromatic rings. The number of hydrogen-bond donors (Lipinski definition) is 0. The predicted molar refractivity (Wildman–Crippen MR) is 46.5 cm³/mol. The van der Waals surface area contributed by atoms with Gasteiger partial charge in [0.25, 0.3) is 0 Å². The quantitative estimate of drug-likeness (QED) is 0.674. The molecule has 1 rings (SSSR count). The summed E-state index contributed by atoms with van der Waals surface area (Å²) >= 11 is 0. The molecule has 0 aliphatic heterocycles. The predicted octanol–water partition coefficient (Wildman–Crippen LogP) is 2.63. The first-order chi connectivity index (χ1) is 6.42. The third kappa shape index (κ3) is 2.78. The van der Waals surface area contributed by atoms with Crippen LogP contribution in [0.4, 0.5) is 13.2 Å². The normalized spacial score (nSPS) is 11.1. The lowest BCUT2D eigenvalue weighted by atomic mass is 10.2. The van der Waals surface area contributed by atoms with Crippen molar-refractivity contribution < 1.29 is 13.2 Å². The molecule has 0 N–H and O–H groups in total. The fourth-order valence-electron chi connectivity index (χ4n) is 0.929. The van der Waals surface area contributed by atoms with Crippen molar-refractivity contribution in [2.24, 2.45) is 0 Å². The van der Waals surface area contributed by atoms with Crippen molar-refractivity contribution in [2.75, 3.05) is 0 Å². The van der Waals surface area contributed by atoms with Gasteiger partial charge in [-0.15, -0.1) is 5.73 Å². The van der Waals surface area contributed by atoms with Gasteiger partial charge in [-0.25, -0.2) is 0 Å². The van der Waals surface area contributed by atoms with Crippen LogP contribution in [0, 0.1) is 0 Å². The monoisotopic (exact) mass is 202 g/mol. The van der Waals surface area contributed by atoms with Gasteiger partial charge in [0.2, 0.25) is 0 Å². The van der Waals surface area contributed by atoms with Crippen LogP contribution >= 0.6 is 0 Å². The molecule has 0 radical (unpaired) electrons.